The summed E-state index contributed by atoms with van der Waals surface area (Å²) in [5.74, 6) is 0.446. The van der Waals surface area contributed by atoms with Gasteiger partial charge in [0.1, 0.15) is 0 Å². The first kappa shape index (κ1) is 13.8. The molecular formula is C12H22N2O3S. The van der Waals surface area contributed by atoms with E-state index in [1.807, 2.05) is 0 Å². The van der Waals surface area contributed by atoms with Crippen LogP contribution in [0.3, 0.4) is 0 Å². The lowest BCUT2D eigenvalue weighted by atomic mass is 9.99. The van der Waals surface area contributed by atoms with Crippen LogP contribution in [0.5, 0.6) is 0 Å². The lowest BCUT2D eigenvalue weighted by Gasteiger charge is -2.32. The van der Waals surface area contributed by atoms with Crippen LogP contribution in [0, 0.1) is 5.92 Å². The van der Waals surface area contributed by atoms with Gasteiger partial charge in [-0.3, -0.25) is 4.79 Å². The molecule has 1 saturated carbocycles. The van der Waals surface area contributed by atoms with Gasteiger partial charge in [-0.1, -0.05) is 6.42 Å². The average molecular weight is 274 g/mol. The van der Waals surface area contributed by atoms with Gasteiger partial charge < -0.3 is 10.6 Å². The van der Waals surface area contributed by atoms with E-state index < -0.39 is 15.1 Å². The Morgan fingerprint density at radius 2 is 2.11 bits per heavy atom. The van der Waals surface area contributed by atoms with Crippen molar-refractivity contribution in [2.75, 3.05) is 18.8 Å². The first-order valence-corrected chi connectivity index (χ1v) is 8.36. The van der Waals surface area contributed by atoms with Crippen molar-refractivity contribution in [3.8, 4) is 0 Å². The van der Waals surface area contributed by atoms with Gasteiger partial charge in [-0.25, -0.2) is 8.42 Å². The number of carbonyl (C=O) groups is 1. The predicted molar refractivity (Wildman–Crippen MR) is 69.8 cm³/mol. The normalized spacial score (nSPS) is 35.7. The van der Waals surface area contributed by atoms with Gasteiger partial charge >= 0.3 is 0 Å². The Bertz CT molecular complexity index is 421. The van der Waals surface area contributed by atoms with E-state index in [1.165, 1.54) is 0 Å². The lowest BCUT2D eigenvalue weighted by molar-refractivity contribution is -0.132. The second-order valence-electron chi connectivity index (χ2n) is 5.58. The zero-order valence-electron chi connectivity index (χ0n) is 10.8. The van der Waals surface area contributed by atoms with Gasteiger partial charge in [0.2, 0.25) is 5.91 Å². The molecule has 0 radical (unpaired) electrons. The van der Waals surface area contributed by atoms with Crippen molar-refractivity contribution in [1.82, 2.24) is 4.90 Å². The number of hydrogen-bond donors (Lipinski definition) is 1. The smallest absolute Gasteiger partial charge is 0.222 e. The average Bonchev–Trinajstić information content (AvgIpc) is 2.68. The van der Waals surface area contributed by atoms with Crippen molar-refractivity contribution in [3.63, 3.8) is 0 Å². The maximum absolute atomic E-state index is 12.1. The van der Waals surface area contributed by atoms with Crippen LogP contribution in [0.4, 0.5) is 0 Å². The van der Waals surface area contributed by atoms with E-state index >= 15 is 0 Å². The molecule has 1 amide bonds. The van der Waals surface area contributed by atoms with Gasteiger partial charge in [-0.05, 0) is 25.7 Å². The fraction of sp³-hybridized carbons (Fsp3) is 0.917. The third kappa shape index (κ3) is 2.85. The van der Waals surface area contributed by atoms with Gasteiger partial charge in [-0.2, -0.15) is 0 Å². The predicted octanol–water partition coefficient (Wildman–Crippen LogP) is 0.149. The summed E-state index contributed by atoms with van der Waals surface area (Å²) in [6.45, 7) is 2.35. The summed E-state index contributed by atoms with van der Waals surface area (Å²) >= 11 is 0. The molecule has 2 aliphatic rings. The minimum absolute atomic E-state index is 0.0686. The summed E-state index contributed by atoms with van der Waals surface area (Å²) < 4.78 is 23.2. The first-order valence-electron chi connectivity index (χ1n) is 6.65. The molecule has 5 nitrogen and oxygen atoms in total. The van der Waals surface area contributed by atoms with Gasteiger partial charge in [0.15, 0.2) is 9.84 Å². The second kappa shape index (κ2) is 5.17. The molecule has 104 valence electrons. The summed E-state index contributed by atoms with van der Waals surface area (Å²) in [5, 5.41) is -0.438. The van der Waals surface area contributed by atoms with E-state index in [2.05, 4.69) is 0 Å². The molecule has 3 atom stereocenters. The largest absolute Gasteiger partial charge is 0.340 e. The molecule has 0 aromatic heterocycles. The van der Waals surface area contributed by atoms with Crippen LogP contribution in [-0.2, 0) is 14.6 Å². The van der Waals surface area contributed by atoms with Crippen LogP contribution in [0.2, 0.25) is 0 Å². The Morgan fingerprint density at radius 1 is 1.39 bits per heavy atom. The zero-order chi connectivity index (χ0) is 13.3. The Labute approximate surface area is 109 Å². The Morgan fingerprint density at radius 3 is 2.67 bits per heavy atom. The highest BCUT2D eigenvalue weighted by molar-refractivity contribution is 7.92. The van der Waals surface area contributed by atoms with Gasteiger partial charge in [0.25, 0.3) is 0 Å². The molecule has 1 aliphatic carbocycles. The number of nitrogens with two attached hydrogens (primary N) is 1. The number of nitrogens with zero attached hydrogens (tertiary/aromatic N) is 1. The molecule has 2 N–H and O–H groups in total. The molecule has 18 heavy (non-hydrogen) atoms. The van der Waals surface area contributed by atoms with E-state index in [-0.39, 0.29) is 23.6 Å². The van der Waals surface area contributed by atoms with Crippen molar-refractivity contribution in [1.29, 1.82) is 0 Å². The van der Waals surface area contributed by atoms with Crippen molar-refractivity contribution in [2.24, 2.45) is 11.7 Å². The van der Waals surface area contributed by atoms with E-state index in [9.17, 15) is 13.2 Å². The molecule has 0 aromatic rings. The zero-order valence-corrected chi connectivity index (χ0v) is 11.7. The molecule has 1 heterocycles. The topological polar surface area (TPSA) is 80.5 Å². The number of hydrogen-bond acceptors (Lipinski definition) is 4. The molecule has 6 heteroatoms. The number of sulfone groups is 1. The Balaban J connectivity index is 1.91. The Kier molecular flexibility index (Phi) is 3.96. The van der Waals surface area contributed by atoms with Crippen LogP contribution in [-0.4, -0.2) is 49.4 Å². The molecule has 2 rings (SSSR count). The third-order valence-electron chi connectivity index (χ3n) is 4.24. The van der Waals surface area contributed by atoms with E-state index in [0.29, 0.717) is 19.5 Å². The summed E-state index contributed by atoms with van der Waals surface area (Å²) in [4.78, 5) is 13.8. The van der Waals surface area contributed by atoms with Crippen molar-refractivity contribution in [2.45, 2.75) is 43.9 Å². The fourth-order valence-corrected chi connectivity index (χ4v) is 4.14. The maximum atomic E-state index is 12.1. The second-order valence-corrected chi connectivity index (χ2v) is 8.12. The summed E-state index contributed by atoms with van der Waals surface area (Å²) in [5.41, 5.74) is 5.96. The molecule has 1 aliphatic heterocycles. The number of rotatable bonds is 2. The minimum atomic E-state index is -2.98. The van der Waals surface area contributed by atoms with Gasteiger partial charge in [-0.15, -0.1) is 0 Å². The molecule has 1 unspecified atom stereocenters. The molecule has 2 fully saturated rings. The quantitative estimate of drug-likeness (QED) is 0.777. The van der Waals surface area contributed by atoms with Crippen LogP contribution < -0.4 is 5.73 Å². The highest BCUT2D eigenvalue weighted by atomic mass is 32.2. The monoisotopic (exact) mass is 274 g/mol. The number of amides is 1. The summed E-state index contributed by atoms with van der Waals surface area (Å²) in [6, 6.07) is 0.139. The SMILES string of the molecule is CC1CN(C(=O)C[C@@H]2CCC[C@H]2N)CCS1(=O)=O. The molecular weight excluding hydrogens is 252 g/mol. The first-order chi connectivity index (χ1) is 8.40. The van der Waals surface area contributed by atoms with Gasteiger partial charge in [0, 0.05) is 25.6 Å². The van der Waals surface area contributed by atoms with Crippen molar-refractivity contribution in [3.05, 3.63) is 0 Å². The van der Waals surface area contributed by atoms with Crippen LogP contribution >= 0.6 is 0 Å². The standard InChI is InChI=1S/C12H22N2O3S/c1-9-8-14(5-6-18(9,16)17)12(15)7-10-3-2-4-11(10)13/h9-11H,2-8,13H2,1H3/t9?,10-,11+/m0/s1. The minimum Gasteiger partial charge on any atom is -0.340 e. The highest BCUT2D eigenvalue weighted by Crippen LogP contribution is 2.27. The molecule has 0 aromatic carbocycles. The maximum Gasteiger partial charge on any atom is 0.222 e. The highest BCUT2D eigenvalue weighted by Gasteiger charge is 2.34. The third-order valence-corrected chi connectivity index (χ3v) is 6.37. The van der Waals surface area contributed by atoms with E-state index in [1.54, 1.807) is 11.8 Å². The van der Waals surface area contributed by atoms with Crippen LogP contribution in [0.15, 0.2) is 0 Å². The summed E-state index contributed by atoms with van der Waals surface area (Å²) in [7, 11) is -2.98. The van der Waals surface area contributed by atoms with Crippen molar-refractivity contribution >= 4 is 15.7 Å². The Hall–Kier alpha value is -0.620. The fourth-order valence-electron chi connectivity index (χ4n) is 2.85. The van der Waals surface area contributed by atoms with Crippen LogP contribution in [0.25, 0.3) is 0 Å². The molecule has 1 saturated heterocycles. The molecule has 0 spiro atoms. The van der Waals surface area contributed by atoms with Gasteiger partial charge in [0.05, 0.1) is 11.0 Å². The van der Waals surface area contributed by atoms with E-state index in [4.69, 9.17) is 5.73 Å². The van der Waals surface area contributed by atoms with Crippen LogP contribution in [0.1, 0.15) is 32.6 Å². The van der Waals surface area contributed by atoms with E-state index in [0.717, 1.165) is 19.3 Å². The molecule has 0 bridgehead atoms. The van der Waals surface area contributed by atoms with Crippen molar-refractivity contribution < 1.29 is 13.2 Å². The summed E-state index contributed by atoms with van der Waals surface area (Å²) in [6.07, 6.45) is 3.61. The number of carbonyl (C=O) groups excluding carboxylic acids is 1. The lowest BCUT2D eigenvalue weighted by Crippen LogP contribution is -2.48.